The number of carbonyl (C=O) groups is 2. The quantitative estimate of drug-likeness (QED) is 0.750. The molecule has 0 atom stereocenters. The van der Waals surface area contributed by atoms with E-state index in [1.165, 1.54) is 37.3 Å². The van der Waals surface area contributed by atoms with E-state index in [2.05, 4.69) is 12.4 Å². The van der Waals surface area contributed by atoms with Gasteiger partial charge in [0.2, 0.25) is 0 Å². The van der Waals surface area contributed by atoms with E-state index < -0.39 is 6.09 Å². The van der Waals surface area contributed by atoms with Gasteiger partial charge in [0.25, 0.3) is 5.91 Å². The zero-order valence-corrected chi connectivity index (χ0v) is 16.0. The van der Waals surface area contributed by atoms with Gasteiger partial charge in [-0.2, -0.15) is 0 Å². The second-order valence-electron chi connectivity index (χ2n) is 7.23. The highest BCUT2D eigenvalue weighted by Crippen LogP contribution is 2.20. The average molecular weight is 364 g/mol. The van der Waals surface area contributed by atoms with Crippen LogP contribution in [0.15, 0.2) is 24.3 Å². The number of hydrogen-bond acceptors (Lipinski definition) is 4. The maximum atomic E-state index is 12.0. The van der Waals surface area contributed by atoms with Crippen LogP contribution in [0.3, 0.4) is 0 Å². The molecule has 26 heavy (non-hydrogen) atoms. The molecule has 0 radical (unpaired) electrons. The Hall–Kier alpha value is -2.28. The van der Waals surface area contributed by atoms with Crippen molar-refractivity contribution in [2.24, 2.45) is 0 Å². The molecule has 0 spiro atoms. The smallest absolute Gasteiger partial charge is 0.414 e. The number of amides is 2. The highest BCUT2D eigenvalue weighted by molar-refractivity contribution is 5.77. The molecule has 1 heterocycles. The van der Waals surface area contributed by atoms with Gasteiger partial charge in [0.1, 0.15) is 11.5 Å². The lowest BCUT2D eigenvalue weighted by molar-refractivity contribution is -0.912. The number of likely N-dealkylation sites (tertiary alicyclic amines) is 1. The van der Waals surface area contributed by atoms with E-state index in [1.54, 1.807) is 38.4 Å². The van der Waals surface area contributed by atoms with Gasteiger partial charge in [0.15, 0.2) is 6.61 Å². The number of benzene rings is 1. The molecule has 1 aromatic rings. The highest BCUT2D eigenvalue weighted by Gasteiger charge is 2.24. The molecule has 2 amide bonds. The first-order valence-corrected chi connectivity index (χ1v) is 9.10. The van der Waals surface area contributed by atoms with Crippen LogP contribution >= 0.6 is 0 Å². The first-order chi connectivity index (χ1) is 12.4. The Kier molecular flexibility index (Phi) is 7.26. The Morgan fingerprint density at radius 1 is 1.15 bits per heavy atom. The first-order valence-electron chi connectivity index (χ1n) is 9.10. The van der Waals surface area contributed by atoms with E-state index >= 15 is 0 Å². The van der Waals surface area contributed by atoms with Crippen LogP contribution in [0.25, 0.3) is 0 Å². The molecule has 144 valence electrons. The predicted octanol–water partition coefficient (Wildman–Crippen LogP) is 1.87. The number of hydrogen-bond donors (Lipinski definition) is 1. The molecule has 0 bridgehead atoms. The van der Waals surface area contributed by atoms with Crippen LogP contribution in [-0.4, -0.2) is 75.3 Å². The van der Waals surface area contributed by atoms with Gasteiger partial charge in [-0.25, -0.2) is 4.79 Å². The van der Waals surface area contributed by atoms with Gasteiger partial charge in [-0.3, -0.25) is 4.79 Å². The minimum Gasteiger partial charge on any atom is -0.484 e. The van der Waals surface area contributed by atoms with E-state index in [0.717, 1.165) is 11.0 Å². The average Bonchev–Trinajstić information content (AvgIpc) is 2.60. The summed E-state index contributed by atoms with van der Waals surface area (Å²) in [6, 6.07) is 6.69. The fourth-order valence-corrected chi connectivity index (χ4v) is 2.98. The third-order valence-electron chi connectivity index (χ3n) is 4.62. The van der Waals surface area contributed by atoms with Crippen LogP contribution in [0.4, 0.5) is 4.79 Å². The maximum Gasteiger partial charge on any atom is 0.414 e. The van der Waals surface area contributed by atoms with Crippen molar-refractivity contribution in [3.05, 3.63) is 24.3 Å². The summed E-state index contributed by atoms with van der Waals surface area (Å²) in [6.45, 7) is 3.91. The summed E-state index contributed by atoms with van der Waals surface area (Å²) in [4.78, 5) is 24.9. The number of nitrogens with one attached hydrogen (secondary N) is 1. The Balaban J connectivity index is 1.72. The second kappa shape index (κ2) is 9.43. The lowest BCUT2D eigenvalue weighted by atomic mass is 10.1. The van der Waals surface area contributed by atoms with Crippen molar-refractivity contribution in [3.8, 4) is 11.5 Å². The molecule has 0 unspecified atom stereocenters. The molecule has 0 aliphatic carbocycles. The highest BCUT2D eigenvalue weighted by atomic mass is 16.6. The minimum atomic E-state index is -0.464. The van der Waals surface area contributed by atoms with Gasteiger partial charge in [0, 0.05) is 20.2 Å². The topological polar surface area (TPSA) is 67.9 Å². The van der Waals surface area contributed by atoms with Crippen molar-refractivity contribution in [2.75, 3.05) is 53.9 Å². The number of carbonyl (C=O) groups excluding carboxylic acids is 2. The molecule has 7 nitrogen and oxygen atoms in total. The largest absolute Gasteiger partial charge is 0.484 e. The van der Waals surface area contributed by atoms with Gasteiger partial charge >= 0.3 is 6.09 Å². The van der Waals surface area contributed by atoms with Crippen molar-refractivity contribution in [1.29, 1.82) is 0 Å². The molecular weight excluding hydrogens is 334 g/mol. The maximum absolute atomic E-state index is 12.0. The molecule has 1 aliphatic rings. The lowest BCUT2D eigenvalue weighted by Crippen LogP contribution is -2.51. The lowest BCUT2D eigenvalue weighted by Gasteiger charge is -2.37. The molecule has 0 aromatic heterocycles. The third-order valence-corrected chi connectivity index (χ3v) is 4.62. The van der Waals surface area contributed by atoms with Gasteiger partial charge in [0.05, 0.1) is 33.2 Å². The number of quaternary nitrogens is 1. The van der Waals surface area contributed by atoms with Gasteiger partial charge in [-0.1, -0.05) is 6.07 Å². The molecule has 2 rings (SSSR count). The predicted molar refractivity (Wildman–Crippen MR) is 99.3 cm³/mol. The van der Waals surface area contributed by atoms with E-state index in [0.29, 0.717) is 18.0 Å². The van der Waals surface area contributed by atoms with Crippen LogP contribution in [-0.2, 0) is 4.79 Å². The van der Waals surface area contributed by atoms with Crippen LogP contribution in [0, 0.1) is 0 Å². The van der Waals surface area contributed by atoms with Crippen LogP contribution in [0.2, 0.25) is 0 Å². The van der Waals surface area contributed by atoms with Crippen LogP contribution < -0.4 is 14.8 Å². The fourth-order valence-electron chi connectivity index (χ4n) is 2.98. The van der Waals surface area contributed by atoms with Crippen LogP contribution in [0.1, 0.15) is 19.3 Å². The third kappa shape index (κ3) is 6.55. The summed E-state index contributed by atoms with van der Waals surface area (Å²) in [5, 5.41) is 2.92. The number of piperidine rings is 1. The molecule has 1 N–H and O–H groups in total. The Bertz CT molecular complexity index is 613. The summed E-state index contributed by atoms with van der Waals surface area (Å²) >= 11 is 0. The molecule has 7 heteroatoms. The summed E-state index contributed by atoms with van der Waals surface area (Å²) < 4.78 is 11.7. The fraction of sp³-hybridized carbons (Fsp3) is 0.579. The summed E-state index contributed by atoms with van der Waals surface area (Å²) in [5.74, 6) is 0.715. The van der Waals surface area contributed by atoms with E-state index in [4.69, 9.17) is 9.47 Å². The van der Waals surface area contributed by atoms with E-state index in [9.17, 15) is 9.59 Å². The van der Waals surface area contributed by atoms with Crippen molar-refractivity contribution >= 4 is 12.0 Å². The van der Waals surface area contributed by atoms with Crippen molar-refractivity contribution in [3.63, 3.8) is 0 Å². The zero-order valence-electron chi connectivity index (χ0n) is 16.0. The minimum absolute atomic E-state index is 0.0607. The first kappa shape index (κ1) is 20.0. The summed E-state index contributed by atoms with van der Waals surface area (Å²) in [7, 11) is 5.47. The Morgan fingerprint density at radius 2 is 1.85 bits per heavy atom. The van der Waals surface area contributed by atoms with E-state index in [1.807, 2.05) is 0 Å². The molecule has 1 saturated heterocycles. The number of ether oxygens (including phenoxy) is 2. The number of nitrogens with zero attached hydrogens (tertiary/aromatic N) is 2. The number of rotatable bonds is 7. The summed E-state index contributed by atoms with van der Waals surface area (Å²) in [6.07, 6.45) is 3.39. The second-order valence-corrected chi connectivity index (χ2v) is 7.23. The van der Waals surface area contributed by atoms with Crippen molar-refractivity contribution in [2.45, 2.75) is 19.3 Å². The normalized spacial score (nSPS) is 15.8. The standard InChI is InChI=1S/C19H29N3O4/c1-21(2)19(24)26-17-9-7-8-16(14-17)25-15-18(23)20-10-13-22(3)11-5-4-6-12-22/h7-9,14H,4-6,10-13,15H2,1-3H3/p+1. The SMILES string of the molecule is CN(C)C(=O)Oc1cccc(OCC(=O)NCC[N+]2(C)CCCCC2)c1. The Morgan fingerprint density at radius 3 is 2.54 bits per heavy atom. The molecule has 1 aliphatic heterocycles. The van der Waals surface area contributed by atoms with Gasteiger partial charge < -0.3 is 24.2 Å². The molecule has 1 fully saturated rings. The number of likely N-dealkylation sites (N-methyl/N-ethyl adjacent to an activating group) is 1. The van der Waals surface area contributed by atoms with Crippen molar-refractivity contribution in [1.82, 2.24) is 10.2 Å². The van der Waals surface area contributed by atoms with Gasteiger partial charge in [-0.15, -0.1) is 0 Å². The van der Waals surface area contributed by atoms with Gasteiger partial charge in [-0.05, 0) is 31.4 Å². The van der Waals surface area contributed by atoms with Crippen LogP contribution in [0.5, 0.6) is 11.5 Å². The zero-order chi connectivity index (χ0) is 19.0. The van der Waals surface area contributed by atoms with E-state index in [-0.39, 0.29) is 12.5 Å². The summed E-state index contributed by atoms with van der Waals surface area (Å²) in [5.41, 5.74) is 0. The monoisotopic (exact) mass is 364 g/mol. The molecule has 0 saturated carbocycles. The molecule has 1 aromatic carbocycles. The Labute approximate surface area is 155 Å². The van der Waals surface area contributed by atoms with Crippen molar-refractivity contribution < 1.29 is 23.5 Å². The molecular formula is C19H30N3O4+.